The molecule has 0 spiro atoms. The summed E-state index contributed by atoms with van der Waals surface area (Å²) in [7, 11) is 0. The Bertz CT molecular complexity index is 1200. The van der Waals surface area contributed by atoms with Gasteiger partial charge >= 0.3 is 0 Å². The molecule has 1 N–H and O–H groups in total. The fraction of sp³-hybridized carbons (Fsp3) is 0.227. The summed E-state index contributed by atoms with van der Waals surface area (Å²) in [5, 5.41) is 6.97. The van der Waals surface area contributed by atoms with Gasteiger partial charge in [0.05, 0.1) is 5.54 Å². The Hall–Kier alpha value is -3.68. The van der Waals surface area contributed by atoms with E-state index in [1.54, 1.807) is 45.0 Å². The molecule has 0 bridgehead atoms. The summed E-state index contributed by atoms with van der Waals surface area (Å²) in [5.41, 5.74) is -0.367. The van der Waals surface area contributed by atoms with E-state index < -0.39 is 22.7 Å². The van der Waals surface area contributed by atoms with Gasteiger partial charge in [-0.1, -0.05) is 18.2 Å². The average molecular weight is 409 g/mol. The predicted molar refractivity (Wildman–Crippen MR) is 108 cm³/mol. The van der Waals surface area contributed by atoms with Crippen LogP contribution in [0.4, 0.5) is 4.39 Å². The number of benzene rings is 2. The standard InChI is InChI=1S/C22H20FN3O4/c1-13-10-17(27)20(25-26(13)16-7-5-4-6-15(16)23)21(28)24-22(2,3)14-8-9-18-19(11-14)30-12-29-18/h4-11H,12H2,1-3H3,(H,24,28). The highest BCUT2D eigenvalue weighted by atomic mass is 19.1. The van der Waals surface area contributed by atoms with E-state index in [2.05, 4.69) is 10.4 Å². The molecule has 154 valence electrons. The molecular weight excluding hydrogens is 389 g/mol. The number of ether oxygens (including phenoxy) is 2. The molecule has 0 saturated heterocycles. The highest BCUT2D eigenvalue weighted by Gasteiger charge is 2.28. The van der Waals surface area contributed by atoms with E-state index in [9.17, 15) is 14.0 Å². The molecule has 1 amide bonds. The molecule has 8 heteroatoms. The van der Waals surface area contributed by atoms with Gasteiger partial charge in [-0.25, -0.2) is 9.07 Å². The number of halogens is 1. The Kier molecular flexibility index (Phi) is 4.77. The van der Waals surface area contributed by atoms with Gasteiger partial charge in [-0.2, -0.15) is 5.10 Å². The maximum absolute atomic E-state index is 14.2. The van der Waals surface area contributed by atoms with E-state index in [0.717, 1.165) is 5.56 Å². The molecule has 2 heterocycles. The first-order valence-corrected chi connectivity index (χ1v) is 9.35. The van der Waals surface area contributed by atoms with Gasteiger partial charge in [0.25, 0.3) is 5.91 Å². The molecular formula is C22H20FN3O4. The molecule has 1 aliphatic rings. The van der Waals surface area contributed by atoms with Crippen molar-refractivity contribution in [2.45, 2.75) is 26.3 Å². The van der Waals surface area contributed by atoms with Crippen LogP contribution in [-0.4, -0.2) is 22.5 Å². The monoisotopic (exact) mass is 409 g/mol. The molecule has 1 aliphatic heterocycles. The SMILES string of the molecule is Cc1cc(=O)c(C(=O)NC(C)(C)c2ccc3c(c2)OCO3)nn1-c1ccccc1F. The largest absolute Gasteiger partial charge is 0.454 e. The van der Waals surface area contributed by atoms with Crippen LogP contribution in [-0.2, 0) is 5.54 Å². The van der Waals surface area contributed by atoms with Crippen molar-refractivity contribution in [2.24, 2.45) is 0 Å². The normalized spacial score (nSPS) is 12.7. The van der Waals surface area contributed by atoms with Crippen LogP contribution in [0.3, 0.4) is 0 Å². The molecule has 0 radical (unpaired) electrons. The Morgan fingerprint density at radius 3 is 2.63 bits per heavy atom. The van der Waals surface area contributed by atoms with Gasteiger partial charge < -0.3 is 14.8 Å². The first-order valence-electron chi connectivity index (χ1n) is 9.35. The molecule has 3 aromatic rings. The number of fused-ring (bicyclic) bond motifs is 1. The number of aromatic nitrogens is 2. The Balaban J connectivity index is 1.67. The third-order valence-electron chi connectivity index (χ3n) is 4.92. The van der Waals surface area contributed by atoms with Crippen LogP contribution < -0.4 is 20.2 Å². The Morgan fingerprint density at radius 1 is 1.13 bits per heavy atom. The van der Waals surface area contributed by atoms with Crippen molar-refractivity contribution < 1.29 is 18.7 Å². The highest BCUT2D eigenvalue weighted by molar-refractivity contribution is 5.92. The van der Waals surface area contributed by atoms with Crippen molar-refractivity contribution in [3.05, 3.63) is 81.5 Å². The maximum atomic E-state index is 14.2. The number of aryl methyl sites for hydroxylation is 1. The van der Waals surface area contributed by atoms with Crippen LogP contribution in [0.2, 0.25) is 0 Å². The van der Waals surface area contributed by atoms with Gasteiger partial charge in [-0.05, 0) is 50.6 Å². The first-order chi connectivity index (χ1) is 14.3. The van der Waals surface area contributed by atoms with Crippen molar-refractivity contribution in [1.29, 1.82) is 0 Å². The van der Waals surface area contributed by atoms with Crippen LogP contribution in [0.5, 0.6) is 11.5 Å². The first kappa shape index (κ1) is 19.6. The Labute approximate surface area is 172 Å². The molecule has 0 aliphatic carbocycles. The van der Waals surface area contributed by atoms with Crippen molar-refractivity contribution in [3.8, 4) is 17.2 Å². The van der Waals surface area contributed by atoms with Crippen LogP contribution in [0.1, 0.15) is 35.6 Å². The summed E-state index contributed by atoms with van der Waals surface area (Å²) in [6.07, 6.45) is 0. The zero-order chi connectivity index (χ0) is 21.5. The molecule has 0 unspecified atom stereocenters. The zero-order valence-electron chi connectivity index (χ0n) is 16.7. The van der Waals surface area contributed by atoms with E-state index in [4.69, 9.17) is 9.47 Å². The minimum Gasteiger partial charge on any atom is -0.454 e. The third-order valence-corrected chi connectivity index (χ3v) is 4.92. The van der Waals surface area contributed by atoms with Crippen LogP contribution >= 0.6 is 0 Å². The van der Waals surface area contributed by atoms with Gasteiger partial charge in [0, 0.05) is 11.8 Å². The smallest absolute Gasteiger partial charge is 0.276 e. The zero-order valence-corrected chi connectivity index (χ0v) is 16.7. The van der Waals surface area contributed by atoms with Gasteiger partial charge in [0.2, 0.25) is 12.2 Å². The summed E-state index contributed by atoms with van der Waals surface area (Å²) in [6.45, 7) is 5.37. The molecule has 1 aromatic heterocycles. The number of nitrogens with one attached hydrogen (secondary N) is 1. The number of amides is 1. The Morgan fingerprint density at radius 2 is 1.87 bits per heavy atom. The minimum absolute atomic E-state index is 0.147. The third kappa shape index (κ3) is 3.52. The van der Waals surface area contributed by atoms with Gasteiger partial charge in [-0.3, -0.25) is 9.59 Å². The second-order valence-electron chi connectivity index (χ2n) is 7.51. The predicted octanol–water partition coefficient (Wildman–Crippen LogP) is 3.07. The number of carbonyl (C=O) groups excluding carboxylic acids is 1. The number of nitrogens with zero attached hydrogens (tertiary/aromatic N) is 2. The lowest BCUT2D eigenvalue weighted by Gasteiger charge is -2.27. The minimum atomic E-state index is -0.833. The van der Waals surface area contributed by atoms with Crippen molar-refractivity contribution in [2.75, 3.05) is 6.79 Å². The lowest BCUT2D eigenvalue weighted by Crippen LogP contribution is -2.43. The summed E-state index contributed by atoms with van der Waals surface area (Å²) < 4.78 is 26.2. The molecule has 0 fully saturated rings. The van der Waals surface area contributed by atoms with Crippen molar-refractivity contribution >= 4 is 5.91 Å². The fourth-order valence-corrected chi connectivity index (χ4v) is 3.27. The number of para-hydroxylation sites is 1. The molecule has 7 nitrogen and oxygen atoms in total. The lowest BCUT2D eigenvalue weighted by atomic mass is 9.93. The number of carbonyl (C=O) groups is 1. The van der Waals surface area contributed by atoms with E-state index >= 15 is 0 Å². The molecule has 2 aromatic carbocycles. The summed E-state index contributed by atoms with van der Waals surface area (Å²) in [6, 6.07) is 12.6. The van der Waals surface area contributed by atoms with Gasteiger partial charge in [0.1, 0.15) is 11.5 Å². The molecule has 0 atom stereocenters. The van der Waals surface area contributed by atoms with E-state index in [1.165, 1.54) is 22.9 Å². The van der Waals surface area contributed by atoms with Crippen molar-refractivity contribution in [3.63, 3.8) is 0 Å². The summed E-state index contributed by atoms with van der Waals surface area (Å²) >= 11 is 0. The molecule has 4 rings (SSSR count). The van der Waals surface area contributed by atoms with Crippen molar-refractivity contribution in [1.82, 2.24) is 15.1 Å². The molecule has 30 heavy (non-hydrogen) atoms. The second kappa shape index (κ2) is 7.29. The topological polar surface area (TPSA) is 82.5 Å². The lowest BCUT2D eigenvalue weighted by molar-refractivity contribution is 0.0903. The van der Waals surface area contributed by atoms with E-state index in [-0.39, 0.29) is 18.2 Å². The summed E-state index contributed by atoms with van der Waals surface area (Å²) in [4.78, 5) is 25.4. The average Bonchev–Trinajstić information content (AvgIpc) is 3.16. The van der Waals surface area contributed by atoms with Crippen LogP contribution in [0, 0.1) is 12.7 Å². The fourth-order valence-electron chi connectivity index (χ4n) is 3.27. The van der Waals surface area contributed by atoms with Crippen LogP contribution in [0.15, 0.2) is 53.3 Å². The number of rotatable bonds is 4. The number of hydrogen-bond acceptors (Lipinski definition) is 5. The maximum Gasteiger partial charge on any atom is 0.276 e. The van der Waals surface area contributed by atoms with Crippen LogP contribution in [0.25, 0.3) is 5.69 Å². The quantitative estimate of drug-likeness (QED) is 0.716. The summed E-state index contributed by atoms with van der Waals surface area (Å²) in [5.74, 6) is 0.0515. The van der Waals surface area contributed by atoms with E-state index in [0.29, 0.717) is 17.2 Å². The van der Waals surface area contributed by atoms with Gasteiger partial charge in [-0.15, -0.1) is 0 Å². The second-order valence-corrected chi connectivity index (χ2v) is 7.51. The number of hydrogen-bond donors (Lipinski definition) is 1. The van der Waals surface area contributed by atoms with E-state index in [1.807, 2.05) is 6.07 Å². The molecule has 0 saturated carbocycles. The highest BCUT2D eigenvalue weighted by Crippen LogP contribution is 2.35. The van der Waals surface area contributed by atoms with Gasteiger partial charge in [0.15, 0.2) is 17.2 Å².